The van der Waals surface area contributed by atoms with E-state index in [1.807, 2.05) is 37.3 Å². The Balaban J connectivity index is 1.52. The molecule has 0 spiro atoms. The van der Waals surface area contributed by atoms with Crippen LogP contribution in [0.25, 0.3) is 33.5 Å². The van der Waals surface area contributed by atoms with Gasteiger partial charge in [-0.25, -0.2) is 9.78 Å². The summed E-state index contributed by atoms with van der Waals surface area (Å²) in [5, 5.41) is 13.5. The number of benzene rings is 4. The molecule has 0 aliphatic carbocycles. The van der Waals surface area contributed by atoms with E-state index in [0.717, 1.165) is 12.0 Å². The highest BCUT2D eigenvalue weighted by Crippen LogP contribution is 2.36. The third-order valence-electron chi connectivity index (χ3n) is 7.08. The summed E-state index contributed by atoms with van der Waals surface area (Å²) in [6.07, 6.45) is -3.89. The fourth-order valence-electron chi connectivity index (χ4n) is 5.10. The molecule has 0 fully saturated rings. The molecule has 0 bridgehead atoms. The topological polar surface area (TPSA) is 95.1 Å². The number of hydrogen-bond donors (Lipinski definition) is 3. The van der Waals surface area contributed by atoms with Crippen LogP contribution >= 0.6 is 11.6 Å². The van der Waals surface area contributed by atoms with Crippen molar-refractivity contribution in [1.82, 2.24) is 15.3 Å². The maximum absolute atomic E-state index is 13.3. The number of hydrogen-bond acceptors (Lipinski definition) is 3. The number of carboxylic acids is 1. The number of aromatic carboxylic acids is 1. The summed E-state index contributed by atoms with van der Waals surface area (Å²) >= 11 is 6.33. The minimum absolute atomic E-state index is 0.0739. The van der Waals surface area contributed by atoms with Crippen LogP contribution in [0.4, 0.5) is 13.2 Å². The second-order valence-corrected chi connectivity index (χ2v) is 10.6. The first kappa shape index (κ1) is 29.8. The molecule has 0 unspecified atom stereocenters. The summed E-state index contributed by atoms with van der Waals surface area (Å²) in [6.45, 7) is 2.02. The Morgan fingerprint density at radius 3 is 2.40 bits per heavy atom. The first-order valence-electron chi connectivity index (χ1n) is 13.6. The smallest absolute Gasteiger partial charge is 0.393 e. The third kappa shape index (κ3) is 6.89. The molecule has 1 amide bonds. The monoisotopic (exact) mass is 605 g/mol. The summed E-state index contributed by atoms with van der Waals surface area (Å²) < 4.78 is 38.8. The highest BCUT2D eigenvalue weighted by Gasteiger charge is 2.28. The molecule has 5 aromatic rings. The third-order valence-corrected chi connectivity index (χ3v) is 7.31. The lowest BCUT2D eigenvalue weighted by atomic mass is 9.93. The molecule has 3 N–H and O–H groups in total. The number of amides is 1. The van der Waals surface area contributed by atoms with Gasteiger partial charge in [0.2, 0.25) is 0 Å². The average molecular weight is 606 g/mol. The number of aromatic nitrogens is 2. The molecule has 1 atom stereocenters. The number of carbonyl (C=O) groups excluding carboxylic acids is 1. The molecular formula is C33H27ClF3N3O3. The predicted octanol–water partition coefficient (Wildman–Crippen LogP) is 8.62. The second kappa shape index (κ2) is 12.3. The molecular weight excluding hydrogens is 579 g/mol. The molecule has 6 nitrogen and oxygen atoms in total. The zero-order chi connectivity index (χ0) is 30.7. The van der Waals surface area contributed by atoms with E-state index in [0.29, 0.717) is 45.0 Å². The number of carboxylic acid groups (broad SMARTS) is 1. The number of H-pyrrole nitrogens is 1. The maximum atomic E-state index is 13.3. The normalized spacial score (nSPS) is 12.3. The van der Waals surface area contributed by atoms with Gasteiger partial charge in [-0.05, 0) is 71.1 Å². The van der Waals surface area contributed by atoms with Gasteiger partial charge in [0.15, 0.2) is 0 Å². The molecule has 220 valence electrons. The number of imidazole rings is 1. The predicted molar refractivity (Wildman–Crippen MR) is 160 cm³/mol. The molecule has 4 aromatic carbocycles. The summed E-state index contributed by atoms with van der Waals surface area (Å²) in [5.74, 6) is -1.32. The highest BCUT2D eigenvalue weighted by molar-refractivity contribution is 6.31. The van der Waals surface area contributed by atoms with Crippen molar-refractivity contribution >= 4 is 34.5 Å². The van der Waals surface area contributed by atoms with E-state index in [2.05, 4.69) is 15.3 Å². The molecule has 43 heavy (non-hydrogen) atoms. The van der Waals surface area contributed by atoms with Crippen LogP contribution in [-0.2, 0) is 6.42 Å². The van der Waals surface area contributed by atoms with Gasteiger partial charge in [-0.2, -0.15) is 13.2 Å². The first-order chi connectivity index (χ1) is 20.5. The van der Waals surface area contributed by atoms with Crippen molar-refractivity contribution in [2.24, 2.45) is 0 Å². The zero-order valence-corrected chi connectivity index (χ0v) is 23.8. The van der Waals surface area contributed by atoms with Gasteiger partial charge < -0.3 is 15.4 Å². The Bertz CT molecular complexity index is 1800. The van der Waals surface area contributed by atoms with Crippen molar-refractivity contribution in [3.63, 3.8) is 0 Å². The van der Waals surface area contributed by atoms with Gasteiger partial charge in [-0.3, -0.25) is 4.79 Å². The van der Waals surface area contributed by atoms with Crippen molar-refractivity contribution in [1.29, 1.82) is 0 Å². The number of rotatable bonds is 9. The van der Waals surface area contributed by atoms with Crippen molar-refractivity contribution in [2.45, 2.75) is 38.4 Å². The number of nitrogens with one attached hydrogen (secondary N) is 2. The van der Waals surface area contributed by atoms with Crippen LogP contribution in [0.15, 0.2) is 84.9 Å². The Kier molecular flexibility index (Phi) is 8.54. The fraction of sp³-hybridized carbons (Fsp3) is 0.182. The molecule has 1 aromatic heterocycles. The summed E-state index contributed by atoms with van der Waals surface area (Å²) in [4.78, 5) is 33.4. The standard InChI is InChI=1S/C33H27ClF3N3O3/c1-2-6-27(20-7-4-3-5-8-20)40-31(41)21-10-12-23(26(16-21)32(42)43)25-17-22(34)11-13-24(25)30-38-28-14-9-19(15-29(28)39-30)18-33(35,36)37/h3-5,7-17,27H,2,6,18H2,1H3,(H,38,39)(H,40,41)(H,42,43)/t27-/m1/s1. The lowest BCUT2D eigenvalue weighted by Gasteiger charge is -2.19. The van der Waals surface area contributed by atoms with E-state index in [1.54, 1.807) is 30.3 Å². The molecule has 5 rings (SSSR count). The molecule has 0 aliphatic heterocycles. The summed E-state index contributed by atoms with van der Waals surface area (Å²) in [7, 11) is 0. The number of nitrogens with zero attached hydrogens (tertiary/aromatic N) is 1. The highest BCUT2D eigenvalue weighted by atomic mass is 35.5. The van der Waals surface area contributed by atoms with E-state index in [4.69, 9.17) is 11.6 Å². The number of halogens is 4. The fourth-order valence-corrected chi connectivity index (χ4v) is 5.27. The lowest BCUT2D eigenvalue weighted by Crippen LogP contribution is -2.28. The Hall–Kier alpha value is -4.63. The SMILES string of the molecule is CCC[C@@H](NC(=O)c1ccc(-c2cc(Cl)ccc2-c2nc3cc(CC(F)(F)F)ccc3[nH]2)c(C(=O)O)c1)c1ccccc1. The minimum atomic E-state index is -4.36. The molecule has 0 aliphatic rings. The molecule has 0 radical (unpaired) electrons. The van der Waals surface area contributed by atoms with Gasteiger partial charge in [-0.1, -0.05) is 67.4 Å². The van der Waals surface area contributed by atoms with Gasteiger partial charge in [0.1, 0.15) is 5.82 Å². The van der Waals surface area contributed by atoms with E-state index < -0.39 is 24.5 Å². The summed E-state index contributed by atoms with van der Waals surface area (Å²) in [6, 6.07) is 22.9. The van der Waals surface area contributed by atoms with Crippen LogP contribution < -0.4 is 5.32 Å². The number of carbonyl (C=O) groups is 2. The Morgan fingerprint density at radius 1 is 0.953 bits per heavy atom. The van der Waals surface area contributed by atoms with Gasteiger partial charge >= 0.3 is 12.1 Å². The van der Waals surface area contributed by atoms with Crippen molar-refractivity contribution < 1.29 is 27.9 Å². The maximum Gasteiger partial charge on any atom is 0.393 e. The quantitative estimate of drug-likeness (QED) is 0.157. The van der Waals surface area contributed by atoms with Crippen molar-refractivity contribution in [3.05, 3.63) is 112 Å². The second-order valence-electron chi connectivity index (χ2n) is 10.2. The van der Waals surface area contributed by atoms with Gasteiger partial charge in [0, 0.05) is 16.1 Å². The van der Waals surface area contributed by atoms with Crippen LogP contribution in [-0.4, -0.2) is 33.1 Å². The van der Waals surface area contributed by atoms with Crippen molar-refractivity contribution in [2.75, 3.05) is 0 Å². The van der Waals surface area contributed by atoms with Crippen LogP contribution in [0.2, 0.25) is 5.02 Å². The largest absolute Gasteiger partial charge is 0.478 e. The van der Waals surface area contributed by atoms with Crippen LogP contribution in [0, 0.1) is 0 Å². The van der Waals surface area contributed by atoms with Gasteiger partial charge in [-0.15, -0.1) is 0 Å². The molecule has 0 saturated carbocycles. The van der Waals surface area contributed by atoms with E-state index >= 15 is 0 Å². The summed E-state index contributed by atoms with van der Waals surface area (Å²) in [5.41, 5.74) is 3.17. The zero-order valence-electron chi connectivity index (χ0n) is 23.0. The first-order valence-corrected chi connectivity index (χ1v) is 14.0. The number of aromatic amines is 1. The average Bonchev–Trinajstić information content (AvgIpc) is 3.39. The number of alkyl halides is 3. The lowest BCUT2D eigenvalue weighted by molar-refractivity contribution is -0.127. The number of fused-ring (bicyclic) bond motifs is 1. The van der Waals surface area contributed by atoms with Crippen LogP contribution in [0.1, 0.15) is 57.7 Å². The van der Waals surface area contributed by atoms with Crippen molar-refractivity contribution in [3.8, 4) is 22.5 Å². The molecule has 1 heterocycles. The minimum Gasteiger partial charge on any atom is -0.478 e. The van der Waals surface area contributed by atoms with Gasteiger partial charge in [0.25, 0.3) is 5.91 Å². The molecule has 10 heteroatoms. The molecule has 0 saturated heterocycles. The Morgan fingerprint density at radius 2 is 1.70 bits per heavy atom. The van der Waals surface area contributed by atoms with Crippen LogP contribution in [0.3, 0.4) is 0 Å². The van der Waals surface area contributed by atoms with Gasteiger partial charge in [0.05, 0.1) is 29.1 Å². The van der Waals surface area contributed by atoms with E-state index in [1.165, 1.54) is 24.3 Å². The van der Waals surface area contributed by atoms with E-state index in [-0.39, 0.29) is 22.7 Å². The Labute approximate surface area is 250 Å². The van der Waals surface area contributed by atoms with E-state index in [9.17, 15) is 27.9 Å². The van der Waals surface area contributed by atoms with Crippen LogP contribution in [0.5, 0.6) is 0 Å².